The number of hydrogen-bond acceptors (Lipinski definition) is 5. The zero-order valence-electron chi connectivity index (χ0n) is 11.8. The van der Waals surface area contributed by atoms with Gasteiger partial charge in [-0.1, -0.05) is 0 Å². The Labute approximate surface area is 123 Å². The highest BCUT2D eigenvalue weighted by molar-refractivity contribution is 7.10. The van der Waals surface area contributed by atoms with Crippen molar-refractivity contribution in [1.82, 2.24) is 9.97 Å². The van der Waals surface area contributed by atoms with E-state index in [2.05, 4.69) is 26.7 Å². The molecule has 20 heavy (non-hydrogen) atoms. The molecule has 0 saturated carbocycles. The maximum Gasteiger partial charge on any atom is 0.218 e. The van der Waals surface area contributed by atoms with Crippen LogP contribution in [-0.2, 0) is 6.42 Å². The lowest BCUT2D eigenvalue weighted by Gasteiger charge is -2.24. The molecule has 1 N–H and O–H groups in total. The fourth-order valence-electron chi connectivity index (χ4n) is 2.54. The highest BCUT2D eigenvalue weighted by Crippen LogP contribution is 2.35. The highest BCUT2D eigenvalue weighted by atomic mass is 32.1. The molecule has 0 aromatic carbocycles. The van der Waals surface area contributed by atoms with Crippen LogP contribution < -0.4 is 10.1 Å². The molecule has 0 spiro atoms. The number of aryl methyl sites for hydroxylation is 1. The fraction of sp³-hybridized carbons (Fsp3) is 0.467. The van der Waals surface area contributed by atoms with E-state index < -0.39 is 0 Å². The summed E-state index contributed by atoms with van der Waals surface area (Å²) in [7, 11) is 0. The molecule has 106 valence electrons. The molecule has 0 fully saturated rings. The number of hydrogen-bond donors (Lipinski definition) is 1. The number of nitrogens with zero attached hydrogens (tertiary/aromatic N) is 2. The molecule has 0 bridgehead atoms. The van der Waals surface area contributed by atoms with Crippen molar-refractivity contribution < 1.29 is 4.74 Å². The van der Waals surface area contributed by atoms with E-state index in [0.717, 1.165) is 12.2 Å². The third-order valence-corrected chi connectivity index (χ3v) is 4.37. The third kappa shape index (κ3) is 2.93. The smallest absolute Gasteiger partial charge is 0.218 e. The van der Waals surface area contributed by atoms with Gasteiger partial charge < -0.3 is 10.1 Å². The summed E-state index contributed by atoms with van der Waals surface area (Å²) in [4.78, 5) is 9.94. The van der Waals surface area contributed by atoms with Crippen LogP contribution in [0.15, 0.2) is 23.8 Å². The van der Waals surface area contributed by atoms with Crippen molar-refractivity contribution in [1.29, 1.82) is 0 Å². The Hall–Kier alpha value is -1.62. The van der Waals surface area contributed by atoms with Gasteiger partial charge in [0, 0.05) is 10.9 Å². The molecule has 2 aromatic rings. The van der Waals surface area contributed by atoms with E-state index in [9.17, 15) is 0 Å². The summed E-state index contributed by atoms with van der Waals surface area (Å²) in [5.74, 6) is 1.46. The first kappa shape index (κ1) is 13.4. The van der Waals surface area contributed by atoms with Gasteiger partial charge in [0.1, 0.15) is 12.1 Å². The number of aromatic nitrogens is 2. The molecule has 0 saturated heterocycles. The zero-order valence-corrected chi connectivity index (χ0v) is 12.6. The minimum absolute atomic E-state index is 0.121. The molecule has 1 unspecified atom stereocenters. The van der Waals surface area contributed by atoms with Crippen LogP contribution in [0.4, 0.5) is 5.82 Å². The van der Waals surface area contributed by atoms with Crippen molar-refractivity contribution >= 4 is 17.2 Å². The van der Waals surface area contributed by atoms with Crippen molar-refractivity contribution in [3.05, 3.63) is 34.3 Å². The number of ether oxygens (including phenoxy) is 1. The monoisotopic (exact) mass is 289 g/mol. The molecule has 3 rings (SSSR count). The van der Waals surface area contributed by atoms with E-state index in [1.54, 1.807) is 6.33 Å². The van der Waals surface area contributed by atoms with Gasteiger partial charge >= 0.3 is 0 Å². The zero-order chi connectivity index (χ0) is 13.9. The highest BCUT2D eigenvalue weighted by Gasteiger charge is 2.21. The predicted octanol–water partition coefficient (Wildman–Crippen LogP) is 3.81. The van der Waals surface area contributed by atoms with E-state index in [-0.39, 0.29) is 6.10 Å². The SMILES string of the molecule is CC(C)Oc1cc(NC2CCCc3sccc32)ncn1. The molecular formula is C15H19N3OS. The summed E-state index contributed by atoms with van der Waals surface area (Å²) in [6.45, 7) is 3.99. The van der Waals surface area contributed by atoms with Crippen molar-refractivity contribution in [3.8, 4) is 5.88 Å². The summed E-state index contributed by atoms with van der Waals surface area (Å²) < 4.78 is 5.61. The van der Waals surface area contributed by atoms with Gasteiger partial charge in [-0.2, -0.15) is 0 Å². The summed E-state index contributed by atoms with van der Waals surface area (Å²) in [5, 5.41) is 5.69. The summed E-state index contributed by atoms with van der Waals surface area (Å²) >= 11 is 1.85. The van der Waals surface area contributed by atoms with Crippen LogP contribution in [0.1, 0.15) is 43.2 Å². The second-order valence-corrected chi connectivity index (χ2v) is 6.30. The number of thiophene rings is 1. The Kier molecular flexibility index (Phi) is 3.87. The molecule has 0 amide bonds. The Balaban J connectivity index is 1.76. The first-order valence-electron chi connectivity index (χ1n) is 7.04. The average molecular weight is 289 g/mol. The average Bonchev–Trinajstić information content (AvgIpc) is 2.88. The number of nitrogens with one attached hydrogen (secondary N) is 1. The number of anilines is 1. The molecule has 2 heterocycles. The first-order valence-corrected chi connectivity index (χ1v) is 7.92. The van der Waals surface area contributed by atoms with E-state index in [1.807, 2.05) is 31.3 Å². The van der Waals surface area contributed by atoms with Crippen LogP contribution in [0.25, 0.3) is 0 Å². The van der Waals surface area contributed by atoms with Crippen molar-refractivity contribution in [2.24, 2.45) is 0 Å². The van der Waals surface area contributed by atoms with Crippen LogP contribution in [0, 0.1) is 0 Å². The topological polar surface area (TPSA) is 47.0 Å². The first-order chi connectivity index (χ1) is 9.72. The number of rotatable bonds is 4. The lowest BCUT2D eigenvalue weighted by atomic mass is 9.94. The third-order valence-electron chi connectivity index (χ3n) is 3.37. The Morgan fingerprint density at radius 2 is 2.30 bits per heavy atom. The molecule has 1 aliphatic carbocycles. The normalized spacial score (nSPS) is 17.9. The summed E-state index contributed by atoms with van der Waals surface area (Å²) in [6, 6.07) is 4.45. The van der Waals surface area contributed by atoms with Gasteiger partial charge in [-0.25, -0.2) is 9.97 Å². The largest absolute Gasteiger partial charge is 0.475 e. The van der Waals surface area contributed by atoms with E-state index in [4.69, 9.17) is 4.74 Å². The molecule has 0 aliphatic heterocycles. The molecule has 4 nitrogen and oxygen atoms in total. The second kappa shape index (κ2) is 5.79. The van der Waals surface area contributed by atoms with Crippen LogP contribution in [0.5, 0.6) is 5.88 Å². The maximum absolute atomic E-state index is 5.61. The Morgan fingerprint density at radius 3 is 3.15 bits per heavy atom. The van der Waals surface area contributed by atoms with Gasteiger partial charge in [-0.3, -0.25) is 0 Å². The molecule has 1 atom stereocenters. The quantitative estimate of drug-likeness (QED) is 0.929. The molecule has 2 aromatic heterocycles. The molecule has 0 radical (unpaired) electrons. The van der Waals surface area contributed by atoms with Crippen LogP contribution in [0.3, 0.4) is 0 Å². The predicted molar refractivity (Wildman–Crippen MR) is 81.4 cm³/mol. The maximum atomic E-state index is 5.61. The lowest BCUT2D eigenvalue weighted by molar-refractivity contribution is 0.232. The Morgan fingerprint density at radius 1 is 1.40 bits per heavy atom. The lowest BCUT2D eigenvalue weighted by Crippen LogP contribution is -2.16. The van der Waals surface area contributed by atoms with Crippen molar-refractivity contribution in [2.75, 3.05) is 5.32 Å². The van der Waals surface area contributed by atoms with Crippen LogP contribution in [0.2, 0.25) is 0 Å². The van der Waals surface area contributed by atoms with Gasteiger partial charge in [-0.05, 0) is 50.1 Å². The summed E-state index contributed by atoms with van der Waals surface area (Å²) in [5.41, 5.74) is 1.42. The van der Waals surface area contributed by atoms with Crippen LogP contribution >= 0.6 is 11.3 Å². The standard InChI is InChI=1S/C15H19N3OS/c1-10(2)19-15-8-14(16-9-17-15)18-12-4-3-5-13-11(12)6-7-20-13/h6-10,12H,3-5H2,1-2H3,(H,16,17,18). The van der Waals surface area contributed by atoms with E-state index in [1.165, 1.54) is 23.3 Å². The van der Waals surface area contributed by atoms with Crippen molar-refractivity contribution in [2.45, 2.75) is 45.3 Å². The fourth-order valence-corrected chi connectivity index (χ4v) is 3.53. The molecular weight excluding hydrogens is 270 g/mol. The van der Waals surface area contributed by atoms with E-state index >= 15 is 0 Å². The van der Waals surface area contributed by atoms with Gasteiger partial charge in [0.25, 0.3) is 0 Å². The molecule has 5 heteroatoms. The minimum atomic E-state index is 0.121. The minimum Gasteiger partial charge on any atom is -0.475 e. The second-order valence-electron chi connectivity index (χ2n) is 5.30. The van der Waals surface area contributed by atoms with Gasteiger partial charge in [-0.15, -0.1) is 11.3 Å². The van der Waals surface area contributed by atoms with Gasteiger partial charge in [0.15, 0.2) is 0 Å². The number of fused-ring (bicyclic) bond motifs is 1. The van der Waals surface area contributed by atoms with Gasteiger partial charge in [0.05, 0.1) is 12.1 Å². The van der Waals surface area contributed by atoms with Crippen molar-refractivity contribution in [3.63, 3.8) is 0 Å². The van der Waals surface area contributed by atoms with Crippen LogP contribution in [-0.4, -0.2) is 16.1 Å². The molecule has 1 aliphatic rings. The Bertz CT molecular complexity index is 582. The summed E-state index contributed by atoms with van der Waals surface area (Å²) in [6.07, 6.45) is 5.25. The van der Waals surface area contributed by atoms with Gasteiger partial charge in [0.2, 0.25) is 5.88 Å². The van der Waals surface area contributed by atoms with E-state index in [0.29, 0.717) is 11.9 Å².